The van der Waals surface area contributed by atoms with Crippen LogP contribution >= 0.6 is 0 Å². The smallest absolute Gasteiger partial charge is 0.0700 e. The minimum atomic E-state index is 0.201. The highest BCUT2D eigenvalue weighted by molar-refractivity contribution is 4.94. The number of rotatable bonds is 9. The molecule has 0 aromatic carbocycles. The lowest BCUT2D eigenvalue weighted by Gasteiger charge is -2.12. The average Bonchev–Trinajstić information content (AvgIpc) is 2.98. The van der Waals surface area contributed by atoms with E-state index in [1.165, 1.54) is 0 Å². The van der Waals surface area contributed by atoms with Crippen molar-refractivity contribution in [3.8, 4) is 0 Å². The Balaban J connectivity index is 1.80. The highest BCUT2D eigenvalue weighted by Crippen LogP contribution is 2.44. The fourth-order valence-electron chi connectivity index (χ4n) is 1.31. The number of aliphatic hydroxyl groups excluding tert-OH is 1. The molecule has 0 saturated heterocycles. The highest BCUT2D eigenvalue weighted by Gasteiger charge is 2.41. The van der Waals surface area contributed by atoms with E-state index >= 15 is 0 Å². The summed E-state index contributed by atoms with van der Waals surface area (Å²) >= 11 is 0. The Hall–Kier alpha value is -0.160. The maximum atomic E-state index is 9.04. The van der Waals surface area contributed by atoms with Gasteiger partial charge in [-0.05, 0) is 12.8 Å². The minimum Gasteiger partial charge on any atom is -0.396 e. The van der Waals surface area contributed by atoms with E-state index in [1.807, 2.05) is 0 Å². The topological polar surface area (TPSA) is 50.7 Å². The molecule has 0 aromatic heterocycles. The third-order valence-corrected chi connectivity index (χ3v) is 2.65. The molecule has 84 valence electrons. The summed E-state index contributed by atoms with van der Waals surface area (Å²) < 4.78 is 10.1. The van der Waals surface area contributed by atoms with E-state index in [0.717, 1.165) is 25.9 Å². The molecule has 0 heterocycles. The number of hydrogen-bond acceptors (Lipinski definition) is 4. The van der Waals surface area contributed by atoms with Gasteiger partial charge in [0, 0.05) is 32.2 Å². The van der Waals surface area contributed by atoms with Crippen molar-refractivity contribution in [2.75, 3.05) is 46.6 Å². The Kier molecular flexibility index (Phi) is 5.40. The first-order valence-corrected chi connectivity index (χ1v) is 5.21. The number of aliphatic hydroxyl groups is 1. The maximum absolute atomic E-state index is 9.04. The lowest BCUT2D eigenvalue weighted by Crippen LogP contribution is -2.29. The van der Waals surface area contributed by atoms with Crippen LogP contribution in [0, 0.1) is 5.41 Å². The van der Waals surface area contributed by atoms with Crippen molar-refractivity contribution in [3.05, 3.63) is 0 Å². The van der Waals surface area contributed by atoms with E-state index < -0.39 is 0 Å². The molecule has 0 aromatic rings. The third-order valence-electron chi connectivity index (χ3n) is 2.65. The zero-order chi connectivity index (χ0) is 10.3. The molecule has 0 atom stereocenters. The van der Waals surface area contributed by atoms with Crippen LogP contribution < -0.4 is 5.32 Å². The summed E-state index contributed by atoms with van der Waals surface area (Å²) in [7, 11) is 1.67. The van der Waals surface area contributed by atoms with Crippen LogP contribution in [0.5, 0.6) is 0 Å². The zero-order valence-corrected chi connectivity index (χ0v) is 8.92. The molecular formula is C10H21NO3. The summed E-state index contributed by atoms with van der Waals surface area (Å²) in [4.78, 5) is 0. The molecule has 4 heteroatoms. The number of hydrogen-bond donors (Lipinski definition) is 2. The van der Waals surface area contributed by atoms with E-state index in [1.54, 1.807) is 7.11 Å². The molecule has 1 fully saturated rings. The fraction of sp³-hybridized carbons (Fsp3) is 1.00. The van der Waals surface area contributed by atoms with Crippen LogP contribution in [-0.4, -0.2) is 51.7 Å². The normalized spacial score (nSPS) is 18.4. The average molecular weight is 203 g/mol. The Morgan fingerprint density at radius 3 is 2.64 bits per heavy atom. The molecule has 2 N–H and O–H groups in total. The summed E-state index contributed by atoms with van der Waals surface area (Å²) in [6, 6.07) is 0. The van der Waals surface area contributed by atoms with Gasteiger partial charge in [-0.25, -0.2) is 0 Å². The van der Waals surface area contributed by atoms with Gasteiger partial charge in [0.2, 0.25) is 0 Å². The van der Waals surface area contributed by atoms with Crippen molar-refractivity contribution in [1.29, 1.82) is 0 Å². The summed E-state index contributed by atoms with van der Waals surface area (Å²) in [6.45, 7) is 4.10. The molecule has 1 rings (SSSR count). The van der Waals surface area contributed by atoms with Crippen LogP contribution in [0.15, 0.2) is 0 Å². The van der Waals surface area contributed by atoms with Crippen LogP contribution in [0.1, 0.15) is 12.8 Å². The van der Waals surface area contributed by atoms with Crippen molar-refractivity contribution in [3.63, 3.8) is 0 Å². The monoisotopic (exact) mass is 203 g/mol. The van der Waals surface area contributed by atoms with Gasteiger partial charge >= 0.3 is 0 Å². The summed E-state index contributed by atoms with van der Waals surface area (Å²) in [6.07, 6.45) is 2.31. The lowest BCUT2D eigenvalue weighted by atomic mass is 10.1. The molecule has 4 nitrogen and oxygen atoms in total. The van der Waals surface area contributed by atoms with Gasteiger partial charge in [0.15, 0.2) is 0 Å². The van der Waals surface area contributed by atoms with E-state index in [-0.39, 0.29) is 5.41 Å². The molecule has 14 heavy (non-hydrogen) atoms. The molecular weight excluding hydrogens is 182 g/mol. The lowest BCUT2D eigenvalue weighted by molar-refractivity contribution is 0.0711. The zero-order valence-electron chi connectivity index (χ0n) is 8.92. The van der Waals surface area contributed by atoms with Gasteiger partial charge in [0.25, 0.3) is 0 Å². The molecule has 0 spiro atoms. The highest BCUT2D eigenvalue weighted by atomic mass is 16.5. The molecule has 1 aliphatic carbocycles. The molecule has 0 radical (unpaired) electrons. The molecule has 0 aliphatic heterocycles. The van der Waals surface area contributed by atoms with Crippen molar-refractivity contribution < 1.29 is 14.6 Å². The van der Waals surface area contributed by atoms with Crippen molar-refractivity contribution >= 4 is 0 Å². The van der Waals surface area contributed by atoms with Gasteiger partial charge in [-0.1, -0.05) is 0 Å². The maximum Gasteiger partial charge on any atom is 0.0700 e. The van der Waals surface area contributed by atoms with Crippen LogP contribution in [0.3, 0.4) is 0 Å². The van der Waals surface area contributed by atoms with E-state index in [9.17, 15) is 0 Å². The Bertz CT molecular complexity index is 148. The molecule has 0 amide bonds. The van der Waals surface area contributed by atoms with E-state index in [4.69, 9.17) is 14.6 Å². The first kappa shape index (κ1) is 11.9. The van der Waals surface area contributed by atoms with Crippen LogP contribution in [0.25, 0.3) is 0 Å². The fourth-order valence-corrected chi connectivity index (χ4v) is 1.31. The molecule has 1 saturated carbocycles. The first-order chi connectivity index (χ1) is 6.83. The standard InChI is InChI=1S/C10H21NO3/c1-13-6-7-14-5-4-11-8-10(9-12)2-3-10/h11-12H,2-9H2,1H3. The second kappa shape index (κ2) is 6.35. The molecule has 0 unspecified atom stereocenters. The van der Waals surface area contributed by atoms with Crippen LogP contribution in [0.2, 0.25) is 0 Å². The molecule has 1 aliphatic rings. The van der Waals surface area contributed by atoms with E-state index in [2.05, 4.69) is 5.32 Å². The van der Waals surface area contributed by atoms with Gasteiger partial charge in [0.1, 0.15) is 0 Å². The number of nitrogens with one attached hydrogen (secondary N) is 1. The Morgan fingerprint density at radius 1 is 1.29 bits per heavy atom. The second-order valence-electron chi connectivity index (χ2n) is 3.94. The Labute approximate surface area is 85.6 Å². The van der Waals surface area contributed by atoms with Crippen molar-refractivity contribution in [2.45, 2.75) is 12.8 Å². The largest absolute Gasteiger partial charge is 0.396 e. The van der Waals surface area contributed by atoms with Gasteiger partial charge in [0.05, 0.1) is 19.8 Å². The quantitative estimate of drug-likeness (QED) is 0.518. The predicted molar refractivity (Wildman–Crippen MR) is 54.3 cm³/mol. The summed E-state index contributed by atoms with van der Waals surface area (Å²) in [5, 5.41) is 12.3. The summed E-state index contributed by atoms with van der Waals surface area (Å²) in [5.74, 6) is 0. The second-order valence-corrected chi connectivity index (χ2v) is 3.94. The predicted octanol–water partition coefficient (Wildman–Crippen LogP) is 0.0115. The van der Waals surface area contributed by atoms with Crippen molar-refractivity contribution in [1.82, 2.24) is 5.32 Å². The Morgan fingerprint density at radius 2 is 2.07 bits per heavy atom. The molecule has 0 bridgehead atoms. The SMILES string of the molecule is COCCOCCNCC1(CO)CC1. The van der Waals surface area contributed by atoms with Gasteiger partial charge < -0.3 is 19.9 Å². The van der Waals surface area contributed by atoms with Crippen LogP contribution in [0.4, 0.5) is 0 Å². The minimum absolute atomic E-state index is 0.201. The van der Waals surface area contributed by atoms with Crippen molar-refractivity contribution in [2.24, 2.45) is 5.41 Å². The van der Waals surface area contributed by atoms with E-state index in [0.29, 0.717) is 26.4 Å². The third kappa shape index (κ3) is 4.37. The van der Waals surface area contributed by atoms with Gasteiger partial charge in [-0.15, -0.1) is 0 Å². The van der Waals surface area contributed by atoms with Gasteiger partial charge in [-0.3, -0.25) is 0 Å². The van der Waals surface area contributed by atoms with Crippen LogP contribution in [-0.2, 0) is 9.47 Å². The number of methoxy groups -OCH3 is 1. The van der Waals surface area contributed by atoms with Gasteiger partial charge in [-0.2, -0.15) is 0 Å². The summed E-state index contributed by atoms with van der Waals surface area (Å²) in [5.41, 5.74) is 0.201. The first-order valence-electron chi connectivity index (χ1n) is 5.21. The number of ether oxygens (including phenoxy) is 2.